The first-order valence-electron chi connectivity index (χ1n) is 8.08. The maximum absolute atomic E-state index is 11.1. The molecule has 2 heterocycles. The van der Waals surface area contributed by atoms with E-state index in [4.69, 9.17) is 11.6 Å². The Bertz CT molecular complexity index is 610. The van der Waals surface area contributed by atoms with Crippen molar-refractivity contribution in [2.75, 3.05) is 18.4 Å². The lowest BCUT2D eigenvalue weighted by Crippen LogP contribution is -2.39. The molecule has 124 valence electrons. The average Bonchev–Trinajstić information content (AvgIpc) is 3.05. The quantitative estimate of drug-likeness (QED) is 0.784. The second kappa shape index (κ2) is 7.27. The van der Waals surface area contributed by atoms with E-state index in [-0.39, 0.29) is 5.91 Å². The predicted molar refractivity (Wildman–Crippen MR) is 91.4 cm³/mol. The molecule has 0 radical (unpaired) electrons. The van der Waals surface area contributed by atoms with E-state index in [9.17, 15) is 4.79 Å². The normalized spacial score (nSPS) is 24.2. The van der Waals surface area contributed by atoms with Crippen molar-refractivity contribution in [3.63, 3.8) is 0 Å². The summed E-state index contributed by atoms with van der Waals surface area (Å²) >= 11 is 6.22. The van der Waals surface area contributed by atoms with E-state index in [1.165, 1.54) is 0 Å². The molecular weight excluding hydrogens is 314 g/mol. The molecule has 2 aliphatic rings. The van der Waals surface area contributed by atoms with E-state index < -0.39 is 0 Å². The number of rotatable bonds is 4. The summed E-state index contributed by atoms with van der Waals surface area (Å²) in [6.07, 6.45) is 7.72. The van der Waals surface area contributed by atoms with E-state index >= 15 is 0 Å². The highest BCUT2D eigenvalue weighted by atomic mass is 35.5. The zero-order valence-electron chi connectivity index (χ0n) is 13.2. The van der Waals surface area contributed by atoms with Gasteiger partial charge in [0, 0.05) is 32.1 Å². The van der Waals surface area contributed by atoms with E-state index in [1.807, 2.05) is 0 Å². The molecule has 1 amide bonds. The number of carbonyl (C=O) groups excluding carboxylic acids is 1. The zero-order valence-corrected chi connectivity index (χ0v) is 14.0. The predicted octanol–water partition coefficient (Wildman–Crippen LogP) is 1.98. The van der Waals surface area contributed by atoms with Crippen LogP contribution in [0.3, 0.4) is 0 Å². The number of aromatic nitrogens is 2. The first kappa shape index (κ1) is 16.2. The lowest BCUT2D eigenvalue weighted by atomic mass is 9.91. The Balaban J connectivity index is 1.61. The van der Waals surface area contributed by atoms with Crippen molar-refractivity contribution in [2.45, 2.75) is 44.7 Å². The molecule has 6 nitrogen and oxygen atoms in total. The maximum Gasteiger partial charge on any atom is 0.223 e. The number of halogens is 1. The van der Waals surface area contributed by atoms with Crippen molar-refractivity contribution >= 4 is 29.0 Å². The summed E-state index contributed by atoms with van der Waals surface area (Å²) in [6, 6.07) is 0.631. The summed E-state index contributed by atoms with van der Waals surface area (Å²) in [6.45, 7) is 3.21. The number of nitrogens with zero attached hydrogens (tertiary/aromatic N) is 2. The van der Waals surface area contributed by atoms with Gasteiger partial charge in [-0.3, -0.25) is 4.79 Å². The van der Waals surface area contributed by atoms with Crippen molar-refractivity contribution in [2.24, 2.45) is 0 Å². The zero-order chi connectivity index (χ0) is 16.2. The topological polar surface area (TPSA) is 78.9 Å². The van der Waals surface area contributed by atoms with Crippen molar-refractivity contribution in [3.05, 3.63) is 23.0 Å². The highest BCUT2D eigenvalue weighted by Gasteiger charge is 2.22. The van der Waals surface area contributed by atoms with Crippen LogP contribution in [0.2, 0.25) is 5.02 Å². The molecule has 1 aliphatic heterocycles. The average molecular weight is 336 g/mol. The molecule has 0 atom stereocenters. The highest BCUT2D eigenvalue weighted by molar-refractivity contribution is 6.32. The summed E-state index contributed by atoms with van der Waals surface area (Å²) < 4.78 is 0. The second-order valence-corrected chi connectivity index (χ2v) is 6.55. The van der Waals surface area contributed by atoms with Crippen LogP contribution >= 0.6 is 11.6 Å². The van der Waals surface area contributed by atoms with Gasteiger partial charge in [-0.2, -0.15) is 0 Å². The van der Waals surface area contributed by atoms with Gasteiger partial charge in [-0.25, -0.2) is 9.97 Å². The molecule has 1 aromatic heterocycles. The van der Waals surface area contributed by atoms with Gasteiger partial charge in [0.2, 0.25) is 11.9 Å². The molecule has 23 heavy (non-hydrogen) atoms. The van der Waals surface area contributed by atoms with Gasteiger partial charge < -0.3 is 16.0 Å². The minimum atomic E-state index is 0.0468. The van der Waals surface area contributed by atoms with Crippen LogP contribution in [-0.4, -0.2) is 41.0 Å². The lowest BCUT2D eigenvalue weighted by molar-refractivity contribution is -0.119. The fourth-order valence-corrected chi connectivity index (χ4v) is 3.38. The van der Waals surface area contributed by atoms with Gasteiger partial charge in [0.1, 0.15) is 0 Å². The fourth-order valence-electron chi connectivity index (χ4n) is 3.17. The summed E-state index contributed by atoms with van der Waals surface area (Å²) in [5.41, 5.74) is 1.93. The van der Waals surface area contributed by atoms with Crippen molar-refractivity contribution in [1.82, 2.24) is 20.6 Å². The molecule has 1 fully saturated rings. The third kappa shape index (κ3) is 4.20. The van der Waals surface area contributed by atoms with Crippen LogP contribution in [0.5, 0.6) is 0 Å². The van der Waals surface area contributed by atoms with Crippen LogP contribution in [0.15, 0.2) is 12.3 Å². The number of amides is 1. The number of anilines is 1. The Morgan fingerprint density at radius 3 is 2.70 bits per heavy atom. The minimum absolute atomic E-state index is 0.0468. The first-order chi connectivity index (χ1) is 11.1. The Labute approximate surface area is 141 Å². The standard InChI is InChI=1S/C16H22ClN5O/c1-10(23)20-12-2-4-13(5-3-12)21-16-19-9-14(17)15(22-16)11-6-7-18-8-11/h6,9,12-13,18H,2-5,7-8H2,1H3,(H,20,23)(H,19,21,22). The molecule has 3 rings (SSSR count). The van der Waals surface area contributed by atoms with E-state index in [0.717, 1.165) is 50.0 Å². The molecular formula is C16H22ClN5O. The third-order valence-corrected chi connectivity index (χ3v) is 4.60. The SMILES string of the molecule is CC(=O)NC1CCC(Nc2ncc(Cl)c(C3=CCNC3)n2)CC1. The van der Waals surface area contributed by atoms with Crippen LogP contribution in [0.4, 0.5) is 5.95 Å². The molecule has 3 N–H and O–H groups in total. The molecule has 1 saturated carbocycles. The lowest BCUT2D eigenvalue weighted by Gasteiger charge is -2.29. The number of hydrogen-bond acceptors (Lipinski definition) is 5. The van der Waals surface area contributed by atoms with Crippen LogP contribution in [0.1, 0.15) is 38.3 Å². The monoisotopic (exact) mass is 335 g/mol. The Morgan fingerprint density at radius 1 is 1.30 bits per heavy atom. The highest BCUT2D eigenvalue weighted by Crippen LogP contribution is 2.25. The van der Waals surface area contributed by atoms with Gasteiger partial charge in [0.05, 0.1) is 16.9 Å². The van der Waals surface area contributed by atoms with Crippen molar-refractivity contribution < 1.29 is 4.79 Å². The van der Waals surface area contributed by atoms with Gasteiger partial charge >= 0.3 is 0 Å². The number of carbonyl (C=O) groups is 1. The summed E-state index contributed by atoms with van der Waals surface area (Å²) in [5.74, 6) is 0.672. The second-order valence-electron chi connectivity index (χ2n) is 6.14. The molecule has 7 heteroatoms. The third-order valence-electron chi connectivity index (χ3n) is 4.32. The molecule has 0 bridgehead atoms. The molecule has 0 unspecified atom stereocenters. The van der Waals surface area contributed by atoms with E-state index in [0.29, 0.717) is 23.1 Å². The van der Waals surface area contributed by atoms with E-state index in [1.54, 1.807) is 13.1 Å². The van der Waals surface area contributed by atoms with Gasteiger partial charge in [0.25, 0.3) is 0 Å². The van der Waals surface area contributed by atoms with Gasteiger partial charge in [-0.1, -0.05) is 17.7 Å². The number of nitrogens with one attached hydrogen (secondary N) is 3. The fraction of sp³-hybridized carbons (Fsp3) is 0.562. The Hall–Kier alpha value is -1.66. The maximum atomic E-state index is 11.1. The van der Waals surface area contributed by atoms with Crippen LogP contribution < -0.4 is 16.0 Å². The Kier molecular flexibility index (Phi) is 5.13. The summed E-state index contributed by atoms with van der Waals surface area (Å²) in [4.78, 5) is 20.0. The van der Waals surface area contributed by atoms with Gasteiger partial charge in [0.15, 0.2) is 0 Å². The van der Waals surface area contributed by atoms with E-state index in [2.05, 4.69) is 32.0 Å². The van der Waals surface area contributed by atoms with Crippen molar-refractivity contribution in [3.8, 4) is 0 Å². The largest absolute Gasteiger partial charge is 0.354 e. The molecule has 1 aromatic rings. The van der Waals surface area contributed by atoms with Crippen LogP contribution in [0, 0.1) is 0 Å². The van der Waals surface area contributed by atoms with Gasteiger partial charge in [-0.15, -0.1) is 0 Å². The summed E-state index contributed by atoms with van der Waals surface area (Å²) in [5, 5.41) is 10.2. The molecule has 0 aromatic carbocycles. The number of hydrogen-bond donors (Lipinski definition) is 3. The van der Waals surface area contributed by atoms with Gasteiger partial charge in [-0.05, 0) is 31.3 Å². The van der Waals surface area contributed by atoms with Crippen LogP contribution in [-0.2, 0) is 4.79 Å². The van der Waals surface area contributed by atoms with Crippen molar-refractivity contribution in [1.29, 1.82) is 0 Å². The molecule has 1 aliphatic carbocycles. The summed E-state index contributed by atoms with van der Waals surface area (Å²) in [7, 11) is 0. The first-order valence-corrected chi connectivity index (χ1v) is 8.46. The molecule has 0 saturated heterocycles. The smallest absolute Gasteiger partial charge is 0.223 e. The minimum Gasteiger partial charge on any atom is -0.354 e. The Morgan fingerprint density at radius 2 is 2.04 bits per heavy atom. The van der Waals surface area contributed by atoms with Crippen LogP contribution in [0.25, 0.3) is 5.57 Å². The molecule has 0 spiro atoms.